The topological polar surface area (TPSA) is 105 Å². The number of quaternary nitrogens is 1. The van der Waals surface area contributed by atoms with Crippen molar-refractivity contribution in [3.05, 3.63) is 60.8 Å². The molecule has 8 nitrogen and oxygen atoms in total. The molecule has 0 fully saturated rings. The van der Waals surface area contributed by atoms with E-state index >= 15 is 0 Å². The monoisotopic (exact) mass is 892 g/mol. The first kappa shape index (κ1) is 60.2. The molecule has 1 amide bonds. The summed E-state index contributed by atoms with van der Waals surface area (Å²) in [6.45, 7) is 4.68. The molecule has 0 spiro atoms. The second kappa shape index (κ2) is 44.4. The van der Waals surface area contributed by atoms with Crippen LogP contribution in [0, 0.1) is 0 Å². The van der Waals surface area contributed by atoms with Crippen molar-refractivity contribution in [1.29, 1.82) is 0 Å². The summed E-state index contributed by atoms with van der Waals surface area (Å²) in [6, 6.07) is -0.756. The quantitative estimate of drug-likeness (QED) is 0.0243. The summed E-state index contributed by atoms with van der Waals surface area (Å²) in [4.78, 5) is 23.0. The highest BCUT2D eigenvalue weighted by Crippen LogP contribution is 2.43. The van der Waals surface area contributed by atoms with E-state index in [9.17, 15) is 19.4 Å². The lowest BCUT2D eigenvalue weighted by atomic mass is 10.0. The van der Waals surface area contributed by atoms with E-state index in [0.717, 1.165) is 83.5 Å². The van der Waals surface area contributed by atoms with Crippen LogP contribution in [0.5, 0.6) is 0 Å². The van der Waals surface area contributed by atoms with Crippen LogP contribution in [0.4, 0.5) is 0 Å². The zero-order valence-corrected chi connectivity index (χ0v) is 42.0. The Kier molecular flexibility index (Phi) is 43.1. The lowest BCUT2D eigenvalue weighted by Crippen LogP contribution is -2.46. The predicted molar refractivity (Wildman–Crippen MR) is 267 cm³/mol. The van der Waals surface area contributed by atoms with Crippen LogP contribution in [0.1, 0.15) is 219 Å². The van der Waals surface area contributed by atoms with Gasteiger partial charge in [0.05, 0.1) is 39.9 Å². The number of phosphoric acid groups is 1. The molecular formula is C53H100N2O6P+. The molecule has 0 aliphatic carbocycles. The first-order chi connectivity index (χ1) is 30.0. The summed E-state index contributed by atoms with van der Waals surface area (Å²) >= 11 is 0. The molecule has 9 heteroatoms. The normalized spacial score (nSPS) is 14.6. The Morgan fingerprint density at radius 2 is 0.968 bits per heavy atom. The average molecular weight is 892 g/mol. The van der Waals surface area contributed by atoms with E-state index in [-0.39, 0.29) is 19.1 Å². The predicted octanol–water partition coefficient (Wildman–Crippen LogP) is 15.0. The van der Waals surface area contributed by atoms with Gasteiger partial charge in [-0.15, -0.1) is 0 Å². The molecule has 3 N–H and O–H groups in total. The first-order valence-corrected chi connectivity index (χ1v) is 27.1. The van der Waals surface area contributed by atoms with E-state index in [0.29, 0.717) is 23.9 Å². The van der Waals surface area contributed by atoms with Crippen LogP contribution in [0.15, 0.2) is 60.8 Å². The lowest BCUT2D eigenvalue weighted by molar-refractivity contribution is -0.870. The Morgan fingerprint density at radius 3 is 1.42 bits per heavy atom. The summed E-state index contributed by atoms with van der Waals surface area (Å²) in [5, 5.41) is 13.8. The lowest BCUT2D eigenvalue weighted by Gasteiger charge is -2.26. The van der Waals surface area contributed by atoms with Crippen LogP contribution in [-0.4, -0.2) is 73.4 Å². The maximum absolute atomic E-state index is 12.8. The minimum absolute atomic E-state index is 0.0735. The zero-order valence-electron chi connectivity index (χ0n) is 41.1. The molecule has 362 valence electrons. The second-order valence-electron chi connectivity index (χ2n) is 18.5. The molecule has 0 saturated heterocycles. The van der Waals surface area contributed by atoms with Crippen LogP contribution in [0.2, 0.25) is 0 Å². The van der Waals surface area contributed by atoms with Crippen LogP contribution >= 0.6 is 7.82 Å². The Morgan fingerprint density at radius 1 is 0.565 bits per heavy atom. The van der Waals surface area contributed by atoms with Crippen molar-refractivity contribution in [3.8, 4) is 0 Å². The number of nitrogens with one attached hydrogen (secondary N) is 1. The van der Waals surface area contributed by atoms with Gasteiger partial charge in [0, 0.05) is 6.42 Å². The maximum atomic E-state index is 12.8. The van der Waals surface area contributed by atoms with E-state index in [1.807, 2.05) is 21.1 Å². The van der Waals surface area contributed by atoms with Crippen molar-refractivity contribution < 1.29 is 32.9 Å². The zero-order chi connectivity index (χ0) is 45.7. The minimum atomic E-state index is -4.30. The second-order valence-corrected chi connectivity index (χ2v) is 20.0. The fraction of sp³-hybridized carbons (Fsp3) is 0.792. The molecule has 0 saturated carbocycles. The third kappa shape index (κ3) is 46.2. The number of aliphatic hydroxyl groups excluding tert-OH is 1. The molecule has 0 bridgehead atoms. The largest absolute Gasteiger partial charge is 0.472 e. The fourth-order valence-electron chi connectivity index (χ4n) is 7.25. The van der Waals surface area contributed by atoms with Crippen LogP contribution in [-0.2, 0) is 18.4 Å². The molecular weight excluding hydrogens is 792 g/mol. The number of likely N-dealkylation sites (N-methyl/N-ethyl adjacent to an activating group) is 1. The van der Waals surface area contributed by atoms with Crippen LogP contribution in [0.25, 0.3) is 0 Å². The number of hydrogen-bond donors (Lipinski definition) is 3. The number of nitrogens with zero attached hydrogens (tertiary/aromatic N) is 1. The number of phosphoric ester groups is 1. The maximum Gasteiger partial charge on any atom is 0.472 e. The van der Waals surface area contributed by atoms with Crippen molar-refractivity contribution >= 4 is 13.7 Å². The highest BCUT2D eigenvalue weighted by atomic mass is 31.2. The van der Waals surface area contributed by atoms with Gasteiger partial charge in [0.15, 0.2) is 0 Å². The number of amides is 1. The van der Waals surface area contributed by atoms with Gasteiger partial charge in [0.1, 0.15) is 13.2 Å². The van der Waals surface area contributed by atoms with Crippen molar-refractivity contribution in [1.82, 2.24) is 5.32 Å². The van der Waals surface area contributed by atoms with Crippen LogP contribution in [0.3, 0.4) is 0 Å². The van der Waals surface area contributed by atoms with Crippen LogP contribution < -0.4 is 5.32 Å². The molecule has 3 atom stereocenters. The SMILES string of the molecule is CC/C=C\C/C=C\C/C=C\C/C=C\C/C=C\CCCCCCCCCCCCCCCCCCCCCC(=O)NC(COP(=O)(O)OCC[N+](C)(C)C)C(O)CCCCCCC. The fourth-order valence-corrected chi connectivity index (χ4v) is 7.99. The van der Waals surface area contributed by atoms with Gasteiger partial charge in [-0.05, 0) is 57.8 Å². The number of carbonyl (C=O) groups is 1. The average Bonchev–Trinajstić information content (AvgIpc) is 3.23. The van der Waals surface area contributed by atoms with Crippen molar-refractivity contribution in [2.45, 2.75) is 231 Å². The standard InChI is InChI=1S/C53H99N2O6P/c1-6-8-10-12-13-14-15-16-17-18-19-20-21-22-23-24-25-26-27-28-29-30-31-32-33-34-35-36-37-38-39-40-41-43-45-47-53(57)54-51(52(56)46-44-42-11-9-7-2)50-61-62(58,59)60-49-48-55(3,4)5/h8,10,13-14,16-17,19-20,22-23,51-52,56H,6-7,9,11-12,15,18,21,24-50H2,1-5H3,(H-,54,57,58,59)/p+1/b10-8-,14-13-,17-16-,20-19-,23-22-. The van der Waals surface area contributed by atoms with Crippen molar-refractivity contribution in [2.75, 3.05) is 40.9 Å². The first-order valence-electron chi connectivity index (χ1n) is 25.7. The van der Waals surface area contributed by atoms with Crippen molar-refractivity contribution in [2.24, 2.45) is 0 Å². The smallest absolute Gasteiger partial charge is 0.391 e. The Balaban J connectivity index is 3.79. The third-order valence-electron chi connectivity index (χ3n) is 11.3. The number of allylic oxidation sites excluding steroid dienone is 10. The summed E-state index contributed by atoms with van der Waals surface area (Å²) < 4.78 is 23.5. The van der Waals surface area contributed by atoms with E-state index in [2.05, 4.69) is 79.9 Å². The molecule has 0 heterocycles. The number of rotatable bonds is 46. The summed E-state index contributed by atoms with van der Waals surface area (Å²) in [5.41, 5.74) is 0. The minimum Gasteiger partial charge on any atom is -0.391 e. The molecule has 0 aromatic heterocycles. The van der Waals surface area contributed by atoms with Gasteiger partial charge in [-0.2, -0.15) is 0 Å². The number of unbranched alkanes of at least 4 members (excludes halogenated alkanes) is 23. The van der Waals surface area contributed by atoms with Gasteiger partial charge >= 0.3 is 7.82 Å². The van der Waals surface area contributed by atoms with Gasteiger partial charge in [-0.1, -0.05) is 216 Å². The Hall–Kier alpha value is -1.80. The van der Waals surface area contributed by atoms with E-state index in [1.54, 1.807) is 0 Å². The van der Waals surface area contributed by atoms with E-state index in [1.165, 1.54) is 109 Å². The summed E-state index contributed by atoms with van der Waals surface area (Å²) in [7, 11) is 1.61. The summed E-state index contributed by atoms with van der Waals surface area (Å²) in [6.07, 6.45) is 59.0. The third-order valence-corrected chi connectivity index (χ3v) is 12.3. The van der Waals surface area contributed by atoms with Gasteiger partial charge < -0.3 is 19.8 Å². The van der Waals surface area contributed by atoms with E-state index < -0.39 is 20.0 Å². The molecule has 0 aromatic rings. The molecule has 0 aliphatic rings. The number of hydrogen-bond acceptors (Lipinski definition) is 5. The molecule has 0 radical (unpaired) electrons. The Labute approximate surface area is 383 Å². The van der Waals surface area contributed by atoms with Gasteiger partial charge in [-0.25, -0.2) is 4.57 Å². The molecule has 0 aliphatic heterocycles. The Bertz CT molecular complexity index is 1190. The highest BCUT2D eigenvalue weighted by molar-refractivity contribution is 7.47. The number of aliphatic hydroxyl groups is 1. The van der Waals surface area contributed by atoms with Crippen molar-refractivity contribution in [3.63, 3.8) is 0 Å². The highest BCUT2D eigenvalue weighted by Gasteiger charge is 2.28. The van der Waals surface area contributed by atoms with Gasteiger partial charge in [0.2, 0.25) is 5.91 Å². The van der Waals surface area contributed by atoms with Gasteiger partial charge in [0.25, 0.3) is 0 Å². The molecule has 0 rings (SSSR count). The molecule has 0 aromatic carbocycles. The van der Waals surface area contributed by atoms with E-state index in [4.69, 9.17) is 9.05 Å². The molecule has 62 heavy (non-hydrogen) atoms. The number of carbonyl (C=O) groups excluding carboxylic acids is 1. The summed E-state index contributed by atoms with van der Waals surface area (Å²) in [5.74, 6) is -0.151. The van der Waals surface area contributed by atoms with Gasteiger partial charge in [-0.3, -0.25) is 13.8 Å². The molecule has 3 unspecified atom stereocenters.